The van der Waals surface area contributed by atoms with Gasteiger partial charge in [-0.2, -0.15) is 0 Å². The molecule has 0 aromatic heterocycles. The van der Waals surface area contributed by atoms with Crippen molar-refractivity contribution in [2.24, 2.45) is 0 Å². The van der Waals surface area contributed by atoms with Crippen LogP contribution < -0.4 is 4.90 Å². The fourth-order valence-corrected chi connectivity index (χ4v) is 4.14. The molecule has 1 heterocycles. The minimum atomic E-state index is -3.04. The van der Waals surface area contributed by atoms with E-state index in [0.717, 1.165) is 5.56 Å². The number of halogens is 1. The van der Waals surface area contributed by atoms with Crippen LogP contribution in [0.15, 0.2) is 24.3 Å². The van der Waals surface area contributed by atoms with Crippen LogP contribution in [-0.2, 0) is 14.6 Å². The Morgan fingerprint density at radius 1 is 1.37 bits per heavy atom. The number of carbonyl (C=O) groups is 1. The topological polar surface area (TPSA) is 54.5 Å². The highest BCUT2D eigenvalue weighted by Crippen LogP contribution is 2.25. The molecule has 0 bridgehead atoms. The molecule has 1 atom stereocenters. The first kappa shape index (κ1) is 14.3. The molecule has 1 saturated heterocycles. The van der Waals surface area contributed by atoms with E-state index in [4.69, 9.17) is 11.6 Å². The maximum Gasteiger partial charge on any atom is 0.242 e. The second-order valence-corrected chi connectivity index (χ2v) is 7.29. The van der Waals surface area contributed by atoms with Crippen LogP contribution in [0.25, 0.3) is 0 Å². The van der Waals surface area contributed by atoms with Gasteiger partial charge in [-0.05, 0) is 25.5 Å². The molecule has 0 radical (unpaired) electrons. The van der Waals surface area contributed by atoms with E-state index in [-0.39, 0.29) is 29.3 Å². The summed E-state index contributed by atoms with van der Waals surface area (Å²) < 4.78 is 23.1. The van der Waals surface area contributed by atoms with Crippen LogP contribution in [0.4, 0.5) is 5.69 Å². The standard InChI is InChI=1S/C13H16ClNO3S/c1-10-2-4-11(5-3-10)15(13(16)8-14)12-6-7-19(17,18)9-12/h2-5,12H,6-9H2,1H3/t12-/m1/s1. The molecule has 1 aromatic carbocycles. The first-order chi connectivity index (χ1) is 8.93. The molecule has 6 heteroatoms. The predicted octanol–water partition coefficient (Wildman–Crippen LogP) is 1.75. The molecule has 1 amide bonds. The van der Waals surface area contributed by atoms with E-state index in [2.05, 4.69) is 0 Å². The molecular formula is C13H16ClNO3S. The predicted molar refractivity (Wildman–Crippen MR) is 76.4 cm³/mol. The Hall–Kier alpha value is -1.07. The van der Waals surface area contributed by atoms with Crippen LogP contribution in [0.3, 0.4) is 0 Å². The number of nitrogens with zero attached hydrogens (tertiary/aromatic N) is 1. The average molecular weight is 302 g/mol. The lowest BCUT2D eigenvalue weighted by Gasteiger charge is -2.27. The molecule has 19 heavy (non-hydrogen) atoms. The maximum atomic E-state index is 12.0. The number of amides is 1. The van der Waals surface area contributed by atoms with E-state index in [1.165, 1.54) is 4.90 Å². The van der Waals surface area contributed by atoms with Crippen LogP contribution in [0, 0.1) is 6.92 Å². The Morgan fingerprint density at radius 3 is 2.47 bits per heavy atom. The Bertz CT molecular complexity index is 568. The summed E-state index contributed by atoms with van der Waals surface area (Å²) in [7, 11) is -3.04. The quantitative estimate of drug-likeness (QED) is 0.799. The van der Waals surface area contributed by atoms with Gasteiger partial charge in [0.25, 0.3) is 0 Å². The molecule has 1 aliphatic heterocycles. The maximum absolute atomic E-state index is 12.0. The number of hydrogen-bond acceptors (Lipinski definition) is 3. The van der Waals surface area contributed by atoms with Gasteiger partial charge in [0.2, 0.25) is 5.91 Å². The fourth-order valence-electron chi connectivity index (χ4n) is 2.31. The molecule has 1 aromatic rings. The highest BCUT2D eigenvalue weighted by atomic mass is 35.5. The number of aryl methyl sites for hydroxylation is 1. The minimum absolute atomic E-state index is 0.0174. The number of hydrogen-bond donors (Lipinski definition) is 0. The van der Waals surface area contributed by atoms with Gasteiger partial charge in [-0.1, -0.05) is 17.7 Å². The van der Waals surface area contributed by atoms with Crippen LogP contribution in [0.2, 0.25) is 0 Å². The van der Waals surface area contributed by atoms with Crippen LogP contribution >= 0.6 is 11.6 Å². The SMILES string of the molecule is Cc1ccc(N(C(=O)CCl)[C@@H]2CCS(=O)(=O)C2)cc1. The van der Waals surface area contributed by atoms with Crippen LogP contribution in [-0.4, -0.2) is 37.8 Å². The number of sulfone groups is 1. The smallest absolute Gasteiger partial charge is 0.242 e. The number of anilines is 1. The van der Waals surface area contributed by atoms with E-state index in [1.807, 2.05) is 31.2 Å². The van der Waals surface area contributed by atoms with Crippen molar-refractivity contribution in [2.45, 2.75) is 19.4 Å². The zero-order chi connectivity index (χ0) is 14.0. The lowest BCUT2D eigenvalue weighted by molar-refractivity contribution is -0.116. The summed E-state index contributed by atoms with van der Waals surface area (Å²) in [5.74, 6) is -0.253. The van der Waals surface area contributed by atoms with E-state index in [1.54, 1.807) is 0 Å². The van der Waals surface area contributed by atoms with Crippen molar-refractivity contribution in [1.82, 2.24) is 0 Å². The van der Waals surface area contributed by atoms with E-state index in [0.29, 0.717) is 12.1 Å². The summed E-state index contributed by atoms with van der Waals surface area (Å²) in [6.07, 6.45) is 0.471. The van der Waals surface area contributed by atoms with Crippen molar-refractivity contribution in [3.63, 3.8) is 0 Å². The van der Waals surface area contributed by atoms with Gasteiger partial charge in [0.05, 0.1) is 17.5 Å². The highest BCUT2D eigenvalue weighted by Gasteiger charge is 2.35. The molecule has 0 N–H and O–H groups in total. The van der Waals surface area contributed by atoms with Gasteiger partial charge >= 0.3 is 0 Å². The first-order valence-corrected chi connectivity index (χ1v) is 8.43. The Labute approximate surface area is 118 Å². The zero-order valence-electron chi connectivity index (χ0n) is 10.7. The highest BCUT2D eigenvalue weighted by molar-refractivity contribution is 7.91. The van der Waals surface area contributed by atoms with Crippen molar-refractivity contribution in [1.29, 1.82) is 0 Å². The van der Waals surface area contributed by atoms with Gasteiger partial charge in [-0.25, -0.2) is 8.42 Å². The van der Waals surface area contributed by atoms with Gasteiger partial charge in [0, 0.05) is 5.69 Å². The number of rotatable bonds is 3. The minimum Gasteiger partial charge on any atom is -0.307 e. The molecule has 1 fully saturated rings. The molecule has 4 nitrogen and oxygen atoms in total. The van der Waals surface area contributed by atoms with E-state index in [9.17, 15) is 13.2 Å². The Balaban J connectivity index is 2.32. The molecule has 104 valence electrons. The molecular weight excluding hydrogens is 286 g/mol. The number of benzene rings is 1. The van der Waals surface area contributed by atoms with Gasteiger partial charge in [-0.15, -0.1) is 11.6 Å². The summed E-state index contributed by atoms with van der Waals surface area (Å²) in [5, 5.41) is 0. The Kier molecular flexibility index (Phi) is 4.16. The first-order valence-electron chi connectivity index (χ1n) is 6.08. The third kappa shape index (κ3) is 3.28. The average Bonchev–Trinajstić information content (AvgIpc) is 2.72. The van der Waals surface area contributed by atoms with Crippen molar-refractivity contribution >= 4 is 33.0 Å². The van der Waals surface area contributed by atoms with Crippen molar-refractivity contribution in [3.05, 3.63) is 29.8 Å². The van der Waals surface area contributed by atoms with Gasteiger partial charge < -0.3 is 4.90 Å². The molecule has 1 aliphatic rings. The van der Waals surface area contributed by atoms with Gasteiger partial charge in [0.1, 0.15) is 5.88 Å². The second kappa shape index (κ2) is 5.51. The second-order valence-electron chi connectivity index (χ2n) is 4.79. The third-order valence-corrected chi connectivity index (χ3v) is 5.25. The van der Waals surface area contributed by atoms with Crippen LogP contribution in [0.5, 0.6) is 0 Å². The van der Waals surface area contributed by atoms with Crippen LogP contribution in [0.1, 0.15) is 12.0 Å². The summed E-state index contributed by atoms with van der Waals surface area (Å²) in [6, 6.07) is 7.13. The lowest BCUT2D eigenvalue weighted by atomic mass is 10.1. The number of carbonyl (C=O) groups excluding carboxylic acids is 1. The zero-order valence-corrected chi connectivity index (χ0v) is 12.2. The Morgan fingerprint density at radius 2 is 2.00 bits per heavy atom. The summed E-state index contributed by atoms with van der Waals surface area (Å²) in [6.45, 7) is 1.96. The monoisotopic (exact) mass is 301 g/mol. The largest absolute Gasteiger partial charge is 0.307 e. The van der Waals surface area contributed by atoms with Gasteiger partial charge in [-0.3, -0.25) is 4.79 Å². The lowest BCUT2D eigenvalue weighted by Crippen LogP contribution is -2.42. The van der Waals surface area contributed by atoms with Crippen molar-refractivity contribution < 1.29 is 13.2 Å². The molecule has 0 aliphatic carbocycles. The summed E-state index contributed by atoms with van der Waals surface area (Å²) in [4.78, 5) is 13.5. The molecule has 2 rings (SSSR count). The van der Waals surface area contributed by atoms with Crippen molar-refractivity contribution in [3.8, 4) is 0 Å². The fraction of sp³-hybridized carbons (Fsp3) is 0.462. The summed E-state index contributed by atoms with van der Waals surface area (Å²) in [5.41, 5.74) is 1.79. The molecule has 0 spiro atoms. The van der Waals surface area contributed by atoms with Gasteiger partial charge in [0.15, 0.2) is 9.84 Å². The molecule has 0 unspecified atom stereocenters. The molecule has 0 saturated carbocycles. The van der Waals surface area contributed by atoms with E-state index < -0.39 is 9.84 Å². The number of alkyl halides is 1. The summed E-state index contributed by atoms with van der Waals surface area (Å²) >= 11 is 5.64. The van der Waals surface area contributed by atoms with E-state index >= 15 is 0 Å². The van der Waals surface area contributed by atoms with Crippen molar-refractivity contribution in [2.75, 3.05) is 22.3 Å². The third-order valence-electron chi connectivity index (χ3n) is 3.27. The normalized spacial score (nSPS) is 21.3.